The number of carbonyl (C=O) groups is 1. The van der Waals surface area contributed by atoms with Crippen LogP contribution in [0.3, 0.4) is 0 Å². The zero-order chi connectivity index (χ0) is 29.0. The summed E-state index contributed by atoms with van der Waals surface area (Å²) >= 11 is 13.1. The lowest BCUT2D eigenvalue weighted by Gasteiger charge is -2.39. The smallest absolute Gasteiger partial charge is 0.372 e. The molecule has 3 atom stereocenters. The highest BCUT2D eigenvalue weighted by Crippen LogP contribution is 2.48. The van der Waals surface area contributed by atoms with Crippen LogP contribution in [0.1, 0.15) is 78.2 Å². The first-order chi connectivity index (χ1) is 20.4. The quantitative estimate of drug-likeness (QED) is 0.203. The molecular weight excluding hydrogens is 582 g/mol. The number of carboxylic acid groups (broad SMARTS) is 1. The number of aromatic carboxylic acids is 1. The number of furan rings is 1. The van der Waals surface area contributed by atoms with Crippen molar-refractivity contribution >= 4 is 29.2 Å². The summed E-state index contributed by atoms with van der Waals surface area (Å²) in [4.78, 5) is 13.9. The van der Waals surface area contributed by atoms with Gasteiger partial charge in [-0.25, -0.2) is 9.18 Å². The number of alkyl halides is 1. The van der Waals surface area contributed by atoms with Crippen LogP contribution in [0.2, 0.25) is 10.0 Å². The van der Waals surface area contributed by atoms with E-state index in [1.807, 2.05) is 18.2 Å². The molecular formula is C32H29Cl2FN2O5. The Kier molecular flexibility index (Phi) is 7.34. The Bertz CT molecular complexity index is 1580. The monoisotopic (exact) mass is 610 g/mol. The maximum absolute atomic E-state index is 15.3. The highest BCUT2D eigenvalue weighted by Gasteiger charge is 2.44. The molecule has 4 aromatic rings. The Labute approximate surface area is 252 Å². The van der Waals surface area contributed by atoms with E-state index in [0.717, 1.165) is 49.8 Å². The van der Waals surface area contributed by atoms with E-state index in [1.54, 1.807) is 30.3 Å². The van der Waals surface area contributed by atoms with E-state index in [9.17, 15) is 9.90 Å². The Morgan fingerprint density at radius 1 is 1.05 bits per heavy atom. The molecule has 3 unspecified atom stereocenters. The standard InChI is InChI=1S/C32H29Cl2FN2O5/c33-25-2-1-3-26(34)27(25)28-24(29(42-36-28)18-6-7-18)16-37-20-10-11-21(37)15-22(14-20)41-31(35)19-8-4-17(5-9-19)23-12-13-40-30(23)32(38)39/h1-5,8-9,12-13,18,20-22,31H,6-7,10-11,14-16H2,(H,38,39). The van der Waals surface area contributed by atoms with Gasteiger partial charge in [0.1, 0.15) is 11.5 Å². The number of hydrogen-bond donors (Lipinski definition) is 1. The zero-order valence-electron chi connectivity index (χ0n) is 22.6. The summed E-state index contributed by atoms with van der Waals surface area (Å²) in [5, 5.41) is 14.9. The van der Waals surface area contributed by atoms with Crippen molar-refractivity contribution in [3.63, 3.8) is 0 Å². The van der Waals surface area contributed by atoms with E-state index >= 15 is 4.39 Å². The van der Waals surface area contributed by atoms with Gasteiger partial charge in [0.25, 0.3) is 0 Å². The fourth-order valence-electron chi connectivity index (χ4n) is 6.60. The predicted molar refractivity (Wildman–Crippen MR) is 155 cm³/mol. The third kappa shape index (κ3) is 5.15. The molecule has 3 aliphatic rings. The van der Waals surface area contributed by atoms with Gasteiger partial charge in [0.05, 0.1) is 22.4 Å². The van der Waals surface area contributed by atoms with Crippen molar-refractivity contribution in [3.05, 3.63) is 87.5 Å². The molecule has 10 heteroatoms. The zero-order valence-corrected chi connectivity index (χ0v) is 24.2. The fourth-order valence-corrected chi connectivity index (χ4v) is 7.18. The second kappa shape index (κ2) is 11.2. The first kappa shape index (κ1) is 27.7. The second-order valence-electron chi connectivity index (χ2n) is 11.4. The molecule has 7 rings (SSSR count). The third-order valence-corrected chi connectivity index (χ3v) is 9.43. The van der Waals surface area contributed by atoms with Gasteiger partial charge in [-0.2, -0.15) is 0 Å². The van der Waals surface area contributed by atoms with Gasteiger partial charge in [-0.3, -0.25) is 4.90 Å². The molecule has 2 aromatic carbocycles. The van der Waals surface area contributed by atoms with Crippen molar-refractivity contribution in [3.8, 4) is 22.4 Å². The summed E-state index contributed by atoms with van der Waals surface area (Å²) in [5.41, 5.74) is 3.95. The minimum atomic E-state index is -1.58. The molecule has 4 heterocycles. The summed E-state index contributed by atoms with van der Waals surface area (Å²) in [6, 6.07) is 14.2. The molecule has 3 fully saturated rings. The molecule has 2 aromatic heterocycles. The maximum Gasteiger partial charge on any atom is 0.372 e. The minimum Gasteiger partial charge on any atom is -0.475 e. The lowest BCUT2D eigenvalue weighted by atomic mass is 9.97. The van der Waals surface area contributed by atoms with Gasteiger partial charge in [-0.05, 0) is 62.3 Å². The lowest BCUT2D eigenvalue weighted by Crippen LogP contribution is -2.45. The van der Waals surface area contributed by atoms with Crippen molar-refractivity contribution in [2.24, 2.45) is 0 Å². The van der Waals surface area contributed by atoms with Gasteiger partial charge in [0.2, 0.25) is 12.1 Å². The maximum atomic E-state index is 15.3. The van der Waals surface area contributed by atoms with Crippen LogP contribution < -0.4 is 0 Å². The lowest BCUT2D eigenvalue weighted by molar-refractivity contribution is -0.118. The summed E-state index contributed by atoms with van der Waals surface area (Å²) in [6.45, 7) is 0.682. The third-order valence-electron chi connectivity index (χ3n) is 8.80. The molecule has 42 heavy (non-hydrogen) atoms. The number of carboxylic acids is 1. The van der Waals surface area contributed by atoms with Crippen LogP contribution in [0.25, 0.3) is 22.4 Å². The number of ether oxygens (including phenoxy) is 1. The van der Waals surface area contributed by atoms with Crippen molar-refractivity contribution in [1.29, 1.82) is 0 Å². The molecule has 0 amide bonds. The Morgan fingerprint density at radius 3 is 2.38 bits per heavy atom. The normalized spacial score (nSPS) is 22.9. The van der Waals surface area contributed by atoms with Crippen LogP contribution in [0.4, 0.5) is 4.39 Å². The van der Waals surface area contributed by atoms with Crippen molar-refractivity contribution < 1.29 is 28.0 Å². The van der Waals surface area contributed by atoms with E-state index in [-0.39, 0.29) is 23.9 Å². The number of nitrogens with zero attached hydrogens (tertiary/aromatic N) is 2. The van der Waals surface area contributed by atoms with Crippen molar-refractivity contribution in [1.82, 2.24) is 10.1 Å². The first-order valence-corrected chi connectivity index (χ1v) is 15.0. The van der Waals surface area contributed by atoms with Crippen LogP contribution in [-0.2, 0) is 11.3 Å². The number of fused-ring (bicyclic) bond motifs is 2. The largest absolute Gasteiger partial charge is 0.475 e. The van der Waals surface area contributed by atoms with E-state index in [4.69, 9.17) is 36.9 Å². The predicted octanol–water partition coefficient (Wildman–Crippen LogP) is 8.66. The van der Waals surface area contributed by atoms with Gasteiger partial charge >= 0.3 is 5.97 Å². The topological polar surface area (TPSA) is 88.9 Å². The van der Waals surface area contributed by atoms with E-state index in [2.05, 4.69) is 10.1 Å². The molecule has 1 aliphatic carbocycles. The average molecular weight is 611 g/mol. The van der Waals surface area contributed by atoms with Gasteiger partial charge in [0, 0.05) is 46.8 Å². The number of aromatic nitrogens is 1. The molecule has 2 bridgehead atoms. The Balaban J connectivity index is 1.05. The Hall–Kier alpha value is -3.17. The second-order valence-corrected chi connectivity index (χ2v) is 12.3. The first-order valence-electron chi connectivity index (χ1n) is 14.3. The Morgan fingerprint density at radius 2 is 1.74 bits per heavy atom. The fraction of sp³-hybridized carbons (Fsp3) is 0.375. The van der Waals surface area contributed by atoms with E-state index in [1.165, 1.54) is 6.26 Å². The number of piperidine rings is 1. The van der Waals surface area contributed by atoms with Gasteiger partial charge < -0.3 is 18.8 Å². The average Bonchev–Trinajstić information content (AvgIpc) is 3.45. The molecule has 2 aliphatic heterocycles. The van der Waals surface area contributed by atoms with Crippen molar-refractivity contribution in [2.75, 3.05) is 0 Å². The summed E-state index contributed by atoms with van der Waals surface area (Å²) in [6.07, 6.45) is 5.24. The molecule has 1 saturated carbocycles. The SMILES string of the molecule is O=C(O)c1occc1-c1ccc(C(F)OC2CC3CCC(C2)N3Cc2c(-c3c(Cl)cccc3Cl)noc2C2CC2)cc1. The molecule has 0 radical (unpaired) electrons. The molecule has 7 nitrogen and oxygen atoms in total. The summed E-state index contributed by atoms with van der Waals surface area (Å²) < 4.78 is 32.3. The van der Waals surface area contributed by atoms with Crippen LogP contribution in [0.5, 0.6) is 0 Å². The molecule has 0 spiro atoms. The summed E-state index contributed by atoms with van der Waals surface area (Å²) in [7, 11) is 0. The van der Waals surface area contributed by atoms with Crippen molar-refractivity contribution in [2.45, 2.75) is 75.5 Å². The summed E-state index contributed by atoms with van der Waals surface area (Å²) in [5.74, 6) is 0.0138. The van der Waals surface area contributed by atoms with Crippen LogP contribution >= 0.6 is 23.2 Å². The number of hydrogen-bond acceptors (Lipinski definition) is 6. The molecule has 218 valence electrons. The number of benzene rings is 2. The highest BCUT2D eigenvalue weighted by atomic mass is 35.5. The van der Waals surface area contributed by atoms with Crippen LogP contribution in [-0.4, -0.2) is 39.3 Å². The number of rotatable bonds is 9. The number of halogens is 3. The molecule has 1 N–H and O–H groups in total. The van der Waals surface area contributed by atoms with Gasteiger partial charge in [-0.1, -0.05) is 58.7 Å². The van der Waals surface area contributed by atoms with E-state index in [0.29, 0.717) is 50.5 Å². The highest BCUT2D eigenvalue weighted by molar-refractivity contribution is 6.39. The van der Waals surface area contributed by atoms with Crippen LogP contribution in [0, 0.1) is 0 Å². The minimum absolute atomic E-state index is 0.143. The molecule has 2 saturated heterocycles. The van der Waals surface area contributed by atoms with Gasteiger partial charge in [-0.15, -0.1) is 0 Å². The van der Waals surface area contributed by atoms with E-state index < -0.39 is 12.3 Å². The van der Waals surface area contributed by atoms with Gasteiger partial charge in [0.15, 0.2) is 0 Å². The van der Waals surface area contributed by atoms with Crippen LogP contribution in [0.15, 0.2) is 63.7 Å².